The number of hydrogen-bond donors (Lipinski definition) is 0. The third kappa shape index (κ3) is 1.75. The van der Waals surface area contributed by atoms with E-state index in [-0.39, 0.29) is 5.92 Å². The maximum atomic E-state index is 9.15. The molecule has 3 rings (SSSR count). The molecule has 0 bridgehead atoms. The molecule has 0 aromatic rings. The summed E-state index contributed by atoms with van der Waals surface area (Å²) in [5.74, 6) is 1.35. The summed E-state index contributed by atoms with van der Waals surface area (Å²) in [6.45, 7) is 5.82. The maximum absolute atomic E-state index is 9.15. The fourth-order valence-corrected chi connectivity index (χ4v) is 3.61. The Morgan fingerprint density at radius 1 is 1.41 bits per heavy atom. The van der Waals surface area contributed by atoms with Crippen molar-refractivity contribution in [2.75, 3.05) is 26.7 Å². The number of allylic oxidation sites excluding steroid dienone is 2. The van der Waals surface area contributed by atoms with Crippen molar-refractivity contribution in [1.29, 1.82) is 5.26 Å². The van der Waals surface area contributed by atoms with E-state index in [4.69, 9.17) is 5.26 Å². The first-order valence-electron chi connectivity index (χ1n) is 6.75. The van der Waals surface area contributed by atoms with Crippen molar-refractivity contribution in [2.24, 2.45) is 17.8 Å². The predicted octanol–water partition coefficient (Wildman–Crippen LogP) is 1.69. The molecular weight excluding hydrogens is 210 g/mol. The van der Waals surface area contributed by atoms with Crippen LogP contribution >= 0.6 is 0 Å². The van der Waals surface area contributed by atoms with Crippen LogP contribution in [0.1, 0.15) is 19.8 Å². The first-order chi connectivity index (χ1) is 8.19. The molecule has 1 aliphatic carbocycles. The number of fused-ring (bicyclic) bond motifs is 1. The average molecular weight is 231 g/mol. The number of likely N-dealkylation sites (N-methyl/N-ethyl adjacent to an activating group) is 1. The molecule has 3 aliphatic rings. The summed E-state index contributed by atoms with van der Waals surface area (Å²) in [7, 11) is 2.19. The molecule has 0 spiro atoms. The maximum Gasteiger partial charge on any atom is 0.0662 e. The summed E-state index contributed by atoms with van der Waals surface area (Å²) in [5, 5.41) is 9.15. The number of likely N-dealkylation sites (tertiary alicyclic amines) is 2. The molecule has 17 heavy (non-hydrogen) atoms. The van der Waals surface area contributed by atoms with Gasteiger partial charge >= 0.3 is 0 Å². The number of nitrogens with zero attached hydrogens (tertiary/aromatic N) is 3. The van der Waals surface area contributed by atoms with Gasteiger partial charge in [0, 0.05) is 31.2 Å². The van der Waals surface area contributed by atoms with Crippen molar-refractivity contribution in [3.63, 3.8) is 0 Å². The lowest BCUT2D eigenvalue weighted by molar-refractivity contribution is 0.0834. The Hall–Kier alpha value is -1.01. The van der Waals surface area contributed by atoms with E-state index in [0.717, 1.165) is 12.5 Å². The summed E-state index contributed by atoms with van der Waals surface area (Å²) in [5.41, 5.74) is 1.56. The predicted molar refractivity (Wildman–Crippen MR) is 67.1 cm³/mol. The zero-order chi connectivity index (χ0) is 12.0. The zero-order valence-electron chi connectivity index (χ0n) is 10.8. The normalized spacial score (nSPS) is 38.3. The Morgan fingerprint density at radius 2 is 2.18 bits per heavy atom. The Bertz CT molecular complexity index is 375. The summed E-state index contributed by atoms with van der Waals surface area (Å²) < 4.78 is 0. The lowest BCUT2D eigenvalue weighted by atomic mass is 9.79. The van der Waals surface area contributed by atoms with Gasteiger partial charge in [0.15, 0.2) is 0 Å². The molecule has 2 aliphatic heterocycles. The summed E-state index contributed by atoms with van der Waals surface area (Å²) in [4.78, 5) is 5.00. The molecule has 0 saturated carbocycles. The van der Waals surface area contributed by atoms with Gasteiger partial charge in [-0.05, 0) is 25.8 Å². The molecule has 3 nitrogen and oxygen atoms in total. The van der Waals surface area contributed by atoms with Crippen molar-refractivity contribution in [3.05, 3.63) is 11.8 Å². The van der Waals surface area contributed by atoms with Crippen LogP contribution in [0.5, 0.6) is 0 Å². The molecule has 92 valence electrons. The van der Waals surface area contributed by atoms with E-state index < -0.39 is 0 Å². The highest BCUT2D eigenvalue weighted by Gasteiger charge is 2.40. The summed E-state index contributed by atoms with van der Waals surface area (Å²) in [6.07, 6.45) is 4.73. The van der Waals surface area contributed by atoms with Crippen LogP contribution in [0.15, 0.2) is 11.8 Å². The Morgan fingerprint density at radius 3 is 2.82 bits per heavy atom. The van der Waals surface area contributed by atoms with E-state index in [1.54, 1.807) is 5.70 Å². The molecule has 0 amide bonds. The van der Waals surface area contributed by atoms with Crippen molar-refractivity contribution in [2.45, 2.75) is 25.8 Å². The lowest BCUT2D eigenvalue weighted by Gasteiger charge is -2.45. The Labute approximate surface area is 104 Å². The lowest BCUT2D eigenvalue weighted by Crippen LogP contribution is -2.56. The fraction of sp³-hybridized carbons (Fsp3) is 0.786. The number of nitriles is 1. The first-order valence-corrected chi connectivity index (χ1v) is 6.75. The van der Waals surface area contributed by atoms with E-state index >= 15 is 0 Å². The number of rotatable bonds is 1. The van der Waals surface area contributed by atoms with Gasteiger partial charge in [-0.15, -0.1) is 0 Å². The second kappa shape index (κ2) is 4.03. The van der Waals surface area contributed by atoms with Gasteiger partial charge in [-0.25, -0.2) is 0 Å². The van der Waals surface area contributed by atoms with Gasteiger partial charge in [0.05, 0.1) is 18.0 Å². The average Bonchev–Trinajstić information content (AvgIpc) is 2.66. The molecule has 2 saturated heterocycles. The third-order valence-electron chi connectivity index (χ3n) is 4.73. The minimum Gasteiger partial charge on any atom is -0.369 e. The van der Waals surface area contributed by atoms with E-state index in [1.165, 1.54) is 26.1 Å². The molecule has 2 fully saturated rings. The van der Waals surface area contributed by atoms with Crippen molar-refractivity contribution >= 4 is 0 Å². The van der Waals surface area contributed by atoms with Gasteiger partial charge in [-0.2, -0.15) is 5.26 Å². The van der Waals surface area contributed by atoms with E-state index in [1.807, 2.05) is 0 Å². The van der Waals surface area contributed by atoms with Gasteiger partial charge in [0.2, 0.25) is 0 Å². The Balaban J connectivity index is 1.77. The van der Waals surface area contributed by atoms with E-state index in [2.05, 4.69) is 35.9 Å². The zero-order valence-corrected chi connectivity index (χ0v) is 10.8. The molecular formula is C14H21N3. The molecule has 3 atom stereocenters. The molecule has 3 unspecified atom stereocenters. The van der Waals surface area contributed by atoms with Crippen LogP contribution in [0.3, 0.4) is 0 Å². The van der Waals surface area contributed by atoms with Crippen LogP contribution in [0.4, 0.5) is 0 Å². The topological polar surface area (TPSA) is 30.3 Å². The van der Waals surface area contributed by atoms with Gasteiger partial charge in [-0.3, -0.25) is 0 Å². The minimum absolute atomic E-state index is 0.243. The summed E-state index contributed by atoms with van der Waals surface area (Å²) in [6, 6.07) is 3.21. The monoisotopic (exact) mass is 231 g/mol. The van der Waals surface area contributed by atoms with Crippen LogP contribution in [-0.2, 0) is 0 Å². The molecule has 0 aromatic carbocycles. The molecule has 0 aromatic heterocycles. The van der Waals surface area contributed by atoms with Crippen LogP contribution in [-0.4, -0.2) is 42.5 Å². The van der Waals surface area contributed by atoms with Crippen LogP contribution in [0.25, 0.3) is 0 Å². The molecule has 2 heterocycles. The van der Waals surface area contributed by atoms with Crippen LogP contribution in [0.2, 0.25) is 0 Å². The Kier molecular flexibility index (Phi) is 2.63. The second-order valence-corrected chi connectivity index (χ2v) is 5.98. The quantitative estimate of drug-likeness (QED) is 0.688. The molecule has 3 heteroatoms. The smallest absolute Gasteiger partial charge is 0.0662 e. The van der Waals surface area contributed by atoms with Crippen molar-refractivity contribution in [3.8, 4) is 6.07 Å². The van der Waals surface area contributed by atoms with E-state index in [0.29, 0.717) is 11.8 Å². The fourth-order valence-electron chi connectivity index (χ4n) is 3.61. The molecule has 0 N–H and O–H groups in total. The second-order valence-electron chi connectivity index (χ2n) is 5.98. The van der Waals surface area contributed by atoms with Gasteiger partial charge in [0.1, 0.15) is 0 Å². The highest BCUT2D eigenvalue weighted by Crippen LogP contribution is 2.42. The highest BCUT2D eigenvalue weighted by molar-refractivity contribution is 5.20. The van der Waals surface area contributed by atoms with Crippen LogP contribution in [0, 0.1) is 29.1 Å². The SMILES string of the molecule is CC1C=C2C(CCN2C2CN(C)C2)CC1C#N. The van der Waals surface area contributed by atoms with Gasteiger partial charge < -0.3 is 9.80 Å². The third-order valence-corrected chi connectivity index (χ3v) is 4.73. The largest absolute Gasteiger partial charge is 0.369 e. The van der Waals surface area contributed by atoms with Crippen LogP contribution < -0.4 is 0 Å². The highest BCUT2D eigenvalue weighted by atomic mass is 15.3. The van der Waals surface area contributed by atoms with Gasteiger partial charge in [0.25, 0.3) is 0 Å². The van der Waals surface area contributed by atoms with Crippen molar-refractivity contribution in [1.82, 2.24) is 9.80 Å². The van der Waals surface area contributed by atoms with Gasteiger partial charge in [-0.1, -0.05) is 13.0 Å². The number of hydrogen-bond acceptors (Lipinski definition) is 3. The molecule has 0 radical (unpaired) electrons. The summed E-state index contributed by atoms with van der Waals surface area (Å²) >= 11 is 0. The van der Waals surface area contributed by atoms with Crippen molar-refractivity contribution < 1.29 is 0 Å². The first kappa shape index (κ1) is 11.1. The minimum atomic E-state index is 0.243. The van der Waals surface area contributed by atoms with E-state index in [9.17, 15) is 0 Å². The standard InChI is InChI=1S/C14H21N3/c1-10-5-14-11(6-12(10)7-15)3-4-17(14)13-8-16(2)9-13/h5,10-13H,3-4,6,8-9H2,1-2H3.